The topological polar surface area (TPSA) is 144 Å². The SMILES string of the molecule is O=C(Nc1cccc(S(=O)(=O)Nc2cccc3c(Cl)c[nH]c23)c1)N1CCC2(CC1)C[C@H](O)[C@H](O)CO2. The lowest BCUT2D eigenvalue weighted by Crippen LogP contribution is -2.55. The summed E-state index contributed by atoms with van der Waals surface area (Å²) in [6.07, 6.45) is 1.28. The molecule has 5 rings (SSSR count). The van der Waals surface area contributed by atoms with Crippen LogP contribution in [0.4, 0.5) is 16.2 Å². The number of ether oxygens (including phenoxy) is 1. The second-order valence-corrected chi connectivity index (χ2v) is 11.3. The van der Waals surface area contributed by atoms with Crippen molar-refractivity contribution in [1.29, 1.82) is 0 Å². The number of sulfonamides is 1. The molecule has 0 bridgehead atoms. The van der Waals surface area contributed by atoms with Crippen molar-refractivity contribution in [1.82, 2.24) is 9.88 Å². The van der Waals surface area contributed by atoms with Crippen LogP contribution in [0.1, 0.15) is 19.3 Å². The van der Waals surface area contributed by atoms with Gasteiger partial charge in [0.2, 0.25) is 0 Å². The van der Waals surface area contributed by atoms with E-state index < -0.39 is 27.8 Å². The highest BCUT2D eigenvalue weighted by molar-refractivity contribution is 7.92. The molecule has 2 fully saturated rings. The van der Waals surface area contributed by atoms with E-state index in [4.69, 9.17) is 16.3 Å². The molecule has 2 aromatic carbocycles. The van der Waals surface area contributed by atoms with E-state index in [1.807, 2.05) is 0 Å². The second-order valence-electron chi connectivity index (χ2n) is 9.25. The predicted octanol–water partition coefficient (Wildman–Crippen LogP) is 3.13. The fraction of sp³-hybridized carbons (Fsp3) is 0.375. The average Bonchev–Trinajstić information content (AvgIpc) is 3.24. The van der Waals surface area contributed by atoms with Crippen LogP contribution in [0, 0.1) is 0 Å². The van der Waals surface area contributed by atoms with E-state index in [-0.39, 0.29) is 17.5 Å². The minimum Gasteiger partial charge on any atom is -0.390 e. The summed E-state index contributed by atoms with van der Waals surface area (Å²) in [5.41, 5.74) is 0.735. The van der Waals surface area contributed by atoms with Crippen molar-refractivity contribution in [2.24, 2.45) is 0 Å². The highest BCUT2D eigenvalue weighted by Gasteiger charge is 2.43. The van der Waals surface area contributed by atoms with Gasteiger partial charge in [0.15, 0.2) is 0 Å². The Labute approximate surface area is 213 Å². The van der Waals surface area contributed by atoms with Gasteiger partial charge in [-0.2, -0.15) is 0 Å². The Morgan fingerprint density at radius 3 is 2.64 bits per heavy atom. The number of nitrogens with zero attached hydrogens (tertiary/aromatic N) is 1. The maximum absolute atomic E-state index is 13.1. The molecule has 1 aromatic heterocycles. The number of aromatic amines is 1. The molecule has 0 radical (unpaired) electrons. The van der Waals surface area contributed by atoms with Gasteiger partial charge in [0.25, 0.3) is 10.0 Å². The normalized spacial score (nSPS) is 22.0. The Morgan fingerprint density at radius 2 is 1.89 bits per heavy atom. The fourth-order valence-corrected chi connectivity index (χ4v) is 6.10. The van der Waals surface area contributed by atoms with Crippen LogP contribution in [-0.2, 0) is 14.8 Å². The molecule has 0 unspecified atom stereocenters. The van der Waals surface area contributed by atoms with Crippen LogP contribution in [0.5, 0.6) is 0 Å². The molecule has 192 valence electrons. The van der Waals surface area contributed by atoms with Crippen molar-refractivity contribution in [3.63, 3.8) is 0 Å². The van der Waals surface area contributed by atoms with E-state index in [1.54, 1.807) is 41.4 Å². The number of likely N-dealkylation sites (tertiary alicyclic amines) is 1. The number of amides is 2. The Bertz CT molecular complexity index is 1390. The Morgan fingerprint density at radius 1 is 1.14 bits per heavy atom. The van der Waals surface area contributed by atoms with E-state index in [9.17, 15) is 23.4 Å². The van der Waals surface area contributed by atoms with Crippen LogP contribution in [0.15, 0.2) is 53.6 Å². The van der Waals surface area contributed by atoms with Gasteiger partial charge in [-0.1, -0.05) is 29.8 Å². The summed E-state index contributed by atoms with van der Waals surface area (Å²) in [7, 11) is -3.95. The number of nitrogens with one attached hydrogen (secondary N) is 3. The van der Waals surface area contributed by atoms with Crippen LogP contribution in [0.2, 0.25) is 5.02 Å². The van der Waals surface area contributed by atoms with Gasteiger partial charge in [0, 0.05) is 36.8 Å². The van der Waals surface area contributed by atoms with Crippen LogP contribution in [0.3, 0.4) is 0 Å². The summed E-state index contributed by atoms with van der Waals surface area (Å²) in [4.78, 5) is 17.5. The molecule has 2 aliphatic heterocycles. The number of aromatic nitrogens is 1. The number of rotatable bonds is 4. The van der Waals surface area contributed by atoms with Crippen molar-refractivity contribution in [3.8, 4) is 0 Å². The monoisotopic (exact) mass is 534 g/mol. The molecule has 2 aliphatic rings. The summed E-state index contributed by atoms with van der Waals surface area (Å²) >= 11 is 6.14. The first kappa shape index (κ1) is 24.8. The second kappa shape index (κ2) is 9.56. The molecule has 0 saturated carbocycles. The number of fused-ring (bicyclic) bond motifs is 1. The number of H-pyrrole nitrogens is 1. The first-order valence-corrected chi connectivity index (χ1v) is 13.5. The lowest BCUT2D eigenvalue weighted by molar-refractivity contribution is -0.185. The number of urea groups is 1. The number of carbonyl (C=O) groups excluding carboxylic acids is 1. The molecule has 5 N–H and O–H groups in total. The van der Waals surface area contributed by atoms with Gasteiger partial charge >= 0.3 is 6.03 Å². The van der Waals surface area contributed by atoms with Crippen molar-refractivity contribution < 1.29 is 28.2 Å². The molecule has 3 heterocycles. The van der Waals surface area contributed by atoms with E-state index in [0.29, 0.717) is 59.7 Å². The van der Waals surface area contributed by atoms with Gasteiger partial charge < -0.3 is 30.2 Å². The Balaban J connectivity index is 1.25. The molecule has 10 nitrogen and oxygen atoms in total. The number of aliphatic hydroxyl groups excluding tert-OH is 2. The molecule has 2 amide bonds. The summed E-state index contributed by atoms with van der Waals surface area (Å²) < 4.78 is 34.6. The molecule has 0 aliphatic carbocycles. The number of aliphatic hydroxyl groups is 2. The standard InChI is InChI=1S/C24H27ClN4O6S/c25-18-13-26-22-17(18)5-2-6-19(22)28-36(33,34)16-4-1-3-15(11-16)27-23(32)29-9-7-24(8-10-29)12-20(30)21(31)14-35-24/h1-6,11,13,20-21,26,28,30-31H,7-10,12,14H2,(H,27,32)/t20-,21+/m0/s1. The molecular formula is C24H27ClN4O6S. The third kappa shape index (κ3) is 4.89. The van der Waals surface area contributed by atoms with Gasteiger partial charge in [-0.15, -0.1) is 0 Å². The first-order valence-electron chi connectivity index (χ1n) is 11.6. The van der Waals surface area contributed by atoms with E-state index in [1.165, 1.54) is 12.1 Å². The van der Waals surface area contributed by atoms with Gasteiger partial charge in [-0.25, -0.2) is 13.2 Å². The number of piperidine rings is 1. The number of carbonyl (C=O) groups is 1. The molecule has 2 atom stereocenters. The zero-order valence-electron chi connectivity index (χ0n) is 19.3. The van der Waals surface area contributed by atoms with E-state index in [0.717, 1.165) is 0 Å². The predicted molar refractivity (Wildman–Crippen MR) is 136 cm³/mol. The minimum atomic E-state index is -3.95. The molecule has 12 heteroatoms. The third-order valence-electron chi connectivity index (χ3n) is 6.85. The maximum Gasteiger partial charge on any atom is 0.321 e. The number of benzene rings is 2. The van der Waals surface area contributed by atoms with Crippen LogP contribution >= 0.6 is 11.6 Å². The summed E-state index contributed by atoms with van der Waals surface area (Å²) in [6, 6.07) is 10.8. The Kier molecular flexibility index (Phi) is 6.60. The lowest BCUT2D eigenvalue weighted by Gasteiger charge is -2.46. The van der Waals surface area contributed by atoms with Gasteiger partial charge in [-0.3, -0.25) is 4.72 Å². The summed E-state index contributed by atoms with van der Waals surface area (Å²) in [5.74, 6) is 0. The van der Waals surface area contributed by atoms with Crippen molar-refractivity contribution in [3.05, 3.63) is 53.7 Å². The molecule has 3 aromatic rings. The van der Waals surface area contributed by atoms with Crippen LogP contribution in [-0.4, -0.2) is 72.1 Å². The highest BCUT2D eigenvalue weighted by atomic mass is 35.5. The molecule has 2 saturated heterocycles. The molecule has 1 spiro atoms. The molecule has 36 heavy (non-hydrogen) atoms. The summed E-state index contributed by atoms with van der Waals surface area (Å²) in [5, 5.41) is 23.7. The van der Waals surface area contributed by atoms with Crippen molar-refractivity contribution in [2.75, 3.05) is 29.7 Å². The van der Waals surface area contributed by atoms with E-state index in [2.05, 4.69) is 15.0 Å². The number of hydrogen-bond acceptors (Lipinski definition) is 6. The lowest BCUT2D eigenvalue weighted by atomic mass is 9.82. The van der Waals surface area contributed by atoms with Crippen LogP contribution < -0.4 is 10.0 Å². The smallest absolute Gasteiger partial charge is 0.321 e. The Hall–Kier alpha value is -2.83. The fourth-order valence-electron chi connectivity index (χ4n) is 4.77. The largest absolute Gasteiger partial charge is 0.390 e. The zero-order chi connectivity index (χ0) is 25.5. The average molecular weight is 535 g/mol. The van der Waals surface area contributed by atoms with Crippen LogP contribution in [0.25, 0.3) is 10.9 Å². The number of hydrogen-bond donors (Lipinski definition) is 5. The first-order chi connectivity index (χ1) is 17.2. The number of halogens is 1. The number of anilines is 2. The van der Waals surface area contributed by atoms with Crippen molar-refractivity contribution >= 4 is 49.9 Å². The number of para-hydroxylation sites is 1. The zero-order valence-corrected chi connectivity index (χ0v) is 20.8. The molecular weight excluding hydrogens is 508 g/mol. The van der Waals surface area contributed by atoms with Crippen molar-refractivity contribution in [2.45, 2.75) is 42.0 Å². The van der Waals surface area contributed by atoms with Gasteiger partial charge in [-0.05, 0) is 37.1 Å². The van der Waals surface area contributed by atoms with Gasteiger partial charge in [0.1, 0.15) is 6.10 Å². The summed E-state index contributed by atoms with van der Waals surface area (Å²) in [6.45, 7) is 0.905. The van der Waals surface area contributed by atoms with E-state index >= 15 is 0 Å². The third-order valence-corrected chi connectivity index (χ3v) is 8.53. The van der Waals surface area contributed by atoms with Gasteiger partial charge in [0.05, 0.1) is 39.4 Å². The quantitative estimate of drug-likeness (QED) is 0.348. The maximum atomic E-state index is 13.1. The minimum absolute atomic E-state index is 0.00398. The highest BCUT2D eigenvalue weighted by Crippen LogP contribution is 2.35.